The van der Waals surface area contributed by atoms with Crippen molar-refractivity contribution in [3.05, 3.63) is 0 Å². The van der Waals surface area contributed by atoms with Crippen LogP contribution in [-0.2, 0) is 9.53 Å². The van der Waals surface area contributed by atoms with E-state index >= 15 is 0 Å². The summed E-state index contributed by atoms with van der Waals surface area (Å²) < 4.78 is 5.49. The number of aliphatic hydroxyl groups is 1. The minimum Gasteiger partial charge on any atom is -0.393 e. The summed E-state index contributed by atoms with van der Waals surface area (Å²) in [7, 11) is 0. The average molecular weight is 300 g/mol. The molecule has 0 aliphatic carbocycles. The van der Waals surface area contributed by atoms with E-state index in [0.717, 1.165) is 45.1 Å². The second-order valence-corrected chi connectivity index (χ2v) is 6.12. The van der Waals surface area contributed by atoms with E-state index in [1.807, 2.05) is 6.92 Å². The Morgan fingerprint density at radius 2 is 1.57 bits per heavy atom. The van der Waals surface area contributed by atoms with Crippen LogP contribution in [-0.4, -0.2) is 30.2 Å². The molecule has 0 aromatic rings. The van der Waals surface area contributed by atoms with Crippen LogP contribution in [0.1, 0.15) is 90.9 Å². The fourth-order valence-corrected chi connectivity index (χ4v) is 2.34. The van der Waals surface area contributed by atoms with Crippen LogP contribution in [0.4, 0.5) is 0 Å². The molecule has 0 aromatic heterocycles. The summed E-state index contributed by atoms with van der Waals surface area (Å²) in [5.41, 5.74) is 0. The minimum absolute atomic E-state index is 0.189. The molecular weight excluding hydrogens is 264 g/mol. The van der Waals surface area contributed by atoms with Crippen LogP contribution in [0.3, 0.4) is 0 Å². The molecule has 0 amide bonds. The smallest absolute Gasteiger partial charge is 0.135 e. The van der Waals surface area contributed by atoms with Crippen LogP contribution in [0.25, 0.3) is 0 Å². The van der Waals surface area contributed by atoms with Gasteiger partial charge in [0.05, 0.1) is 12.7 Å². The molecule has 0 aliphatic rings. The molecule has 0 saturated heterocycles. The summed E-state index contributed by atoms with van der Waals surface area (Å²) in [6.07, 6.45) is 12.6. The maximum Gasteiger partial charge on any atom is 0.135 e. The van der Waals surface area contributed by atoms with E-state index in [0.29, 0.717) is 18.8 Å². The Labute approximate surface area is 131 Å². The largest absolute Gasteiger partial charge is 0.393 e. The molecule has 3 heteroatoms. The molecule has 1 atom stereocenters. The zero-order valence-electron chi connectivity index (χ0n) is 14.2. The first kappa shape index (κ1) is 20.6. The van der Waals surface area contributed by atoms with E-state index in [9.17, 15) is 4.79 Å². The predicted molar refractivity (Wildman–Crippen MR) is 88.6 cm³/mol. The van der Waals surface area contributed by atoms with Gasteiger partial charge in [0.2, 0.25) is 0 Å². The molecule has 1 unspecified atom stereocenters. The molecule has 0 heterocycles. The van der Waals surface area contributed by atoms with Crippen LogP contribution in [0.2, 0.25) is 0 Å². The zero-order valence-corrected chi connectivity index (χ0v) is 14.2. The zero-order chi connectivity index (χ0) is 15.8. The van der Waals surface area contributed by atoms with E-state index in [-0.39, 0.29) is 6.10 Å². The Balaban J connectivity index is 3.16. The van der Waals surface area contributed by atoms with Crippen LogP contribution in [0.5, 0.6) is 0 Å². The highest BCUT2D eigenvalue weighted by atomic mass is 16.5. The van der Waals surface area contributed by atoms with Crippen LogP contribution in [0.15, 0.2) is 0 Å². The summed E-state index contributed by atoms with van der Waals surface area (Å²) >= 11 is 0. The van der Waals surface area contributed by atoms with E-state index < -0.39 is 0 Å². The maximum atomic E-state index is 11.6. The molecule has 126 valence electrons. The fourth-order valence-electron chi connectivity index (χ4n) is 2.34. The van der Waals surface area contributed by atoms with Gasteiger partial charge in [0.15, 0.2) is 0 Å². The van der Waals surface area contributed by atoms with Gasteiger partial charge in [-0.2, -0.15) is 0 Å². The van der Waals surface area contributed by atoms with Crippen molar-refractivity contribution >= 4 is 5.78 Å². The third kappa shape index (κ3) is 17.5. The maximum absolute atomic E-state index is 11.6. The number of aliphatic hydroxyl groups excluding tert-OH is 1. The van der Waals surface area contributed by atoms with Gasteiger partial charge in [-0.25, -0.2) is 0 Å². The van der Waals surface area contributed by atoms with Gasteiger partial charge in [0.25, 0.3) is 0 Å². The highest BCUT2D eigenvalue weighted by Crippen LogP contribution is 2.08. The SMILES string of the molecule is CCCCCCCCC(=O)CCOCCCCCC(C)O. The first-order chi connectivity index (χ1) is 10.2. The Hall–Kier alpha value is -0.410. The Morgan fingerprint density at radius 3 is 2.29 bits per heavy atom. The van der Waals surface area contributed by atoms with Crippen molar-refractivity contribution in [3.8, 4) is 0 Å². The lowest BCUT2D eigenvalue weighted by Gasteiger charge is -2.05. The van der Waals surface area contributed by atoms with Gasteiger partial charge in [-0.15, -0.1) is 0 Å². The Bertz CT molecular complexity index is 227. The van der Waals surface area contributed by atoms with Gasteiger partial charge in [-0.3, -0.25) is 4.79 Å². The lowest BCUT2D eigenvalue weighted by Crippen LogP contribution is -2.05. The first-order valence-corrected chi connectivity index (χ1v) is 8.94. The van der Waals surface area contributed by atoms with Gasteiger partial charge in [-0.1, -0.05) is 51.9 Å². The number of hydrogen-bond donors (Lipinski definition) is 1. The molecule has 0 aromatic carbocycles. The predicted octanol–water partition coefficient (Wildman–Crippen LogP) is 4.65. The number of ketones is 1. The Morgan fingerprint density at radius 1 is 0.905 bits per heavy atom. The lowest BCUT2D eigenvalue weighted by atomic mass is 10.1. The number of rotatable bonds is 16. The van der Waals surface area contributed by atoms with Crippen molar-refractivity contribution in [2.24, 2.45) is 0 Å². The molecule has 0 aliphatic heterocycles. The van der Waals surface area contributed by atoms with Gasteiger partial charge in [0.1, 0.15) is 5.78 Å². The molecule has 21 heavy (non-hydrogen) atoms. The van der Waals surface area contributed by atoms with Gasteiger partial charge < -0.3 is 9.84 Å². The molecule has 0 rings (SSSR count). The summed E-state index contributed by atoms with van der Waals surface area (Å²) in [6.45, 7) is 5.36. The van der Waals surface area contributed by atoms with E-state index in [1.165, 1.54) is 32.1 Å². The quantitative estimate of drug-likeness (QED) is 0.422. The summed E-state index contributed by atoms with van der Waals surface area (Å²) in [5.74, 6) is 0.347. The topological polar surface area (TPSA) is 46.5 Å². The molecule has 0 saturated carbocycles. The molecular formula is C18H36O3. The van der Waals surface area contributed by atoms with Crippen molar-refractivity contribution < 1.29 is 14.6 Å². The molecule has 0 fully saturated rings. The van der Waals surface area contributed by atoms with Crippen molar-refractivity contribution in [2.45, 2.75) is 97.0 Å². The first-order valence-electron chi connectivity index (χ1n) is 8.94. The third-order valence-corrected chi connectivity index (χ3v) is 3.74. The highest BCUT2D eigenvalue weighted by Gasteiger charge is 2.02. The molecule has 3 nitrogen and oxygen atoms in total. The van der Waals surface area contributed by atoms with E-state index in [2.05, 4.69) is 6.92 Å². The van der Waals surface area contributed by atoms with Crippen LogP contribution >= 0.6 is 0 Å². The van der Waals surface area contributed by atoms with Crippen LogP contribution in [0, 0.1) is 0 Å². The number of carbonyl (C=O) groups is 1. The number of carbonyl (C=O) groups excluding carboxylic acids is 1. The molecule has 0 spiro atoms. The van der Waals surface area contributed by atoms with E-state index in [4.69, 9.17) is 9.84 Å². The number of Topliss-reactive ketones (excluding diaryl/α,β-unsaturated/α-hetero) is 1. The van der Waals surface area contributed by atoms with Crippen molar-refractivity contribution in [2.75, 3.05) is 13.2 Å². The van der Waals surface area contributed by atoms with Crippen molar-refractivity contribution in [1.29, 1.82) is 0 Å². The summed E-state index contributed by atoms with van der Waals surface area (Å²) in [6, 6.07) is 0. The molecule has 0 radical (unpaired) electrons. The molecule has 0 bridgehead atoms. The average Bonchev–Trinajstić information content (AvgIpc) is 2.45. The van der Waals surface area contributed by atoms with Gasteiger partial charge >= 0.3 is 0 Å². The summed E-state index contributed by atoms with van der Waals surface area (Å²) in [4.78, 5) is 11.6. The number of ether oxygens (including phenoxy) is 1. The monoisotopic (exact) mass is 300 g/mol. The highest BCUT2D eigenvalue weighted by molar-refractivity contribution is 5.78. The van der Waals surface area contributed by atoms with Crippen LogP contribution < -0.4 is 0 Å². The van der Waals surface area contributed by atoms with Crippen molar-refractivity contribution in [1.82, 2.24) is 0 Å². The Kier molecular flexibility index (Phi) is 15.7. The van der Waals surface area contributed by atoms with Crippen molar-refractivity contribution in [3.63, 3.8) is 0 Å². The van der Waals surface area contributed by atoms with E-state index in [1.54, 1.807) is 0 Å². The minimum atomic E-state index is -0.189. The second kappa shape index (κ2) is 16.0. The third-order valence-electron chi connectivity index (χ3n) is 3.74. The lowest BCUT2D eigenvalue weighted by molar-refractivity contribution is -0.120. The molecule has 1 N–H and O–H groups in total. The number of unbranched alkanes of at least 4 members (excludes halogenated alkanes) is 7. The normalized spacial score (nSPS) is 12.5. The standard InChI is InChI=1S/C18H36O3/c1-3-4-5-6-7-10-13-18(20)14-16-21-15-11-8-9-12-17(2)19/h17,19H,3-16H2,1-2H3. The fraction of sp³-hybridized carbons (Fsp3) is 0.944. The second-order valence-electron chi connectivity index (χ2n) is 6.12. The van der Waals surface area contributed by atoms with Gasteiger partial charge in [-0.05, 0) is 26.2 Å². The number of hydrogen-bond acceptors (Lipinski definition) is 3. The van der Waals surface area contributed by atoms with Gasteiger partial charge in [0, 0.05) is 19.4 Å². The summed E-state index contributed by atoms with van der Waals surface area (Å²) in [5, 5.41) is 9.12.